The predicted octanol–water partition coefficient (Wildman–Crippen LogP) is 4.76. The SMILES string of the molecule is NC1CCC(c2ccc(-c3cc(F)c(F)c(F)c3)cc2)CC1. The van der Waals surface area contributed by atoms with E-state index in [0.29, 0.717) is 23.1 Å². The second-order valence-corrected chi connectivity index (χ2v) is 5.99. The van der Waals surface area contributed by atoms with Crippen LogP contribution < -0.4 is 5.73 Å². The summed E-state index contributed by atoms with van der Waals surface area (Å²) in [5.74, 6) is -3.27. The Morgan fingerprint density at radius 2 is 1.32 bits per heavy atom. The van der Waals surface area contributed by atoms with Crippen molar-refractivity contribution < 1.29 is 13.2 Å². The molecular weight excluding hydrogens is 287 g/mol. The summed E-state index contributed by atoms with van der Waals surface area (Å²) in [7, 11) is 0. The Morgan fingerprint density at radius 1 is 0.773 bits per heavy atom. The highest BCUT2D eigenvalue weighted by atomic mass is 19.2. The molecule has 0 heterocycles. The molecule has 0 radical (unpaired) electrons. The average Bonchev–Trinajstić information content (AvgIpc) is 2.53. The van der Waals surface area contributed by atoms with Gasteiger partial charge in [-0.3, -0.25) is 0 Å². The highest BCUT2D eigenvalue weighted by Gasteiger charge is 2.20. The minimum atomic E-state index is -1.43. The summed E-state index contributed by atoms with van der Waals surface area (Å²) in [6.45, 7) is 0. The van der Waals surface area contributed by atoms with Crippen molar-refractivity contribution in [1.29, 1.82) is 0 Å². The largest absolute Gasteiger partial charge is 0.328 e. The van der Waals surface area contributed by atoms with Gasteiger partial charge in [0.25, 0.3) is 0 Å². The second-order valence-electron chi connectivity index (χ2n) is 5.99. The van der Waals surface area contributed by atoms with Crippen molar-refractivity contribution in [1.82, 2.24) is 0 Å². The zero-order valence-electron chi connectivity index (χ0n) is 12.2. The van der Waals surface area contributed by atoms with Gasteiger partial charge in [0.1, 0.15) is 0 Å². The molecule has 4 heteroatoms. The highest BCUT2D eigenvalue weighted by molar-refractivity contribution is 5.64. The lowest BCUT2D eigenvalue weighted by Crippen LogP contribution is -2.25. The minimum Gasteiger partial charge on any atom is -0.328 e. The van der Waals surface area contributed by atoms with Crippen LogP contribution >= 0.6 is 0 Å². The van der Waals surface area contributed by atoms with Crippen LogP contribution in [0, 0.1) is 17.5 Å². The van der Waals surface area contributed by atoms with Crippen LogP contribution in [0.5, 0.6) is 0 Å². The minimum absolute atomic E-state index is 0.306. The molecule has 0 atom stereocenters. The first-order valence-electron chi connectivity index (χ1n) is 7.55. The lowest BCUT2D eigenvalue weighted by molar-refractivity contribution is 0.395. The zero-order valence-corrected chi connectivity index (χ0v) is 12.2. The van der Waals surface area contributed by atoms with Crippen LogP contribution in [0.25, 0.3) is 11.1 Å². The molecule has 1 fully saturated rings. The molecular formula is C18H18F3N. The highest BCUT2D eigenvalue weighted by Crippen LogP contribution is 2.33. The zero-order chi connectivity index (χ0) is 15.7. The maximum absolute atomic E-state index is 13.3. The molecule has 0 spiro atoms. The molecule has 1 saturated carbocycles. The first-order chi connectivity index (χ1) is 10.5. The van der Waals surface area contributed by atoms with Crippen molar-refractivity contribution in [2.45, 2.75) is 37.6 Å². The molecule has 2 N–H and O–H groups in total. The predicted molar refractivity (Wildman–Crippen MR) is 80.9 cm³/mol. The second kappa shape index (κ2) is 6.13. The van der Waals surface area contributed by atoms with E-state index in [0.717, 1.165) is 37.8 Å². The lowest BCUT2D eigenvalue weighted by Gasteiger charge is -2.26. The molecule has 0 aromatic heterocycles. The van der Waals surface area contributed by atoms with Crippen LogP contribution in [-0.4, -0.2) is 6.04 Å². The van der Waals surface area contributed by atoms with Gasteiger partial charge >= 0.3 is 0 Å². The Hall–Kier alpha value is -1.81. The summed E-state index contributed by atoms with van der Waals surface area (Å²) < 4.78 is 39.6. The first-order valence-corrected chi connectivity index (χ1v) is 7.55. The topological polar surface area (TPSA) is 26.0 Å². The summed E-state index contributed by atoms with van der Waals surface area (Å²) in [5, 5.41) is 0. The molecule has 0 saturated heterocycles. The number of hydrogen-bond donors (Lipinski definition) is 1. The first kappa shape index (κ1) is 15.1. The van der Waals surface area contributed by atoms with Crippen molar-refractivity contribution in [2.75, 3.05) is 0 Å². The number of halogens is 3. The van der Waals surface area contributed by atoms with Gasteiger partial charge in [0.15, 0.2) is 17.5 Å². The molecule has 1 aliphatic rings. The molecule has 0 amide bonds. The quantitative estimate of drug-likeness (QED) is 0.796. The van der Waals surface area contributed by atoms with Crippen LogP contribution in [0.2, 0.25) is 0 Å². The molecule has 2 aromatic carbocycles. The maximum Gasteiger partial charge on any atom is 0.194 e. The van der Waals surface area contributed by atoms with Gasteiger partial charge in [-0.25, -0.2) is 13.2 Å². The number of benzene rings is 2. The van der Waals surface area contributed by atoms with Crippen molar-refractivity contribution >= 4 is 0 Å². The van der Waals surface area contributed by atoms with Crippen LogP contribution in [0.15, 0.2) is 36.4 Å². The third-order valence-electron chi connectivity index (χ3n) is 4.47. The van der Waals surface area contributed by atoms with Gasteiger partial charge in [0.05, 0.1) is 0 Å². The summed E-state index contributed by atoms with van der Waals surface area (Å²) in [6, 6.07) is 9.97. The molecule has 116 valence electrons. The van der Waals surface area contributed by atoms with E-state index in [4.69, 9.17) is 5.73 Å². The summed E-state index contributed by atoms with van der Waals surface area (Å²) in [4.78, 5) is 0. The van der Waals surface area contributed by atoms with Gasteiger partial charge in [0, 0.05) is 6.04 Å². The van der Waals surface area contributed by atoms with Crippen LogP contribution in [-0.2, 0) is 0 Å². The summed E-state index contributed by atoms with van der Waals surface area (Å²) in [5.41, 5.74) is 8.15. The van der Waals surface area contributed by atoms with Crippen molar-refractivity contribution in [2.24, 2.45) is 5.73 Å². The van der Waals surface area contributed by atoms with Crippen molar-refractivity contribution in [3.8, 4) is 11.1 Å². The molecule has 0 aliphatic heterocycles. The van der Waals surface area contributed by atoms with E-state index in [1.165, 1.54) is 5.56 Å². The van der Waals surface area contributed by atoms with E-state index in [9.17, 15) is 13.2 Å². The van der Waals surface area contributed by atoms with E-state index in [1.54, 1.807) is 0 Å². The Kier molecular flexibility index (Phi) is 4.21. The van der Waals surface area contributed by atoms with Gasteiger partial charge in [-0.2, -0.15) is 0 Å². The number of hydrogen-bond acceptors (Lipinski definition) is 1. The molecule has 0 bridgehead atoms. The molecule has 0 unspecified atom stereocenters. The van der Waals surface area contributed by atoms with Gasteiger partial charge < -0.3 is 5.73 Å². The van der Waals surface area contributed by atoms with Gasteiger partial charge in [-0.1, -0.05) is 24.3 Å². The van der Waals surface area contributed by atoms with E-state index < -0.39 is 17.5 Å². The van der Waals surface area contributed by atoms with E-state index in [2.05, 4.69) is 0 Å². The lowest BCUT2D eigenvalue weighted by atomic mass is 9.82. The Morgan fingerprint density at radius 3 is 1.86 bits per heavy atom. The molecule has 1 aliphatic carbocycles. The molecule has 1 nitrogen and oxygen atoms in total. The van der Waals surface area contributed by atoms with E-state index in [-0.39, 0.29) is 0 Å². The maximum atomic E-state index is 13.3. The van der Waals surface area contributed by atoms with Crippen molar-refractivity contribution in [3.05, 3.63) is 59.4 Å². The van der Waals surface area contributed by atoms with Crippen molar-refractivity contribution in [3.63, 3.8) is 0 Å². The fourth-order valence-electron chi connectivity index (χ4n) is 3.12. The van der Waals surface area contributed by atoms with Crippen LogP contribution in [0.3, 0.4) is 0 Å². The third kappa shape index (κ3) is 3.02. The normalized spacial score (nSPS) is 21.8. The third-order valence-corrected chi connectivity index (χ3v) is 4.47. The van der Waals surface area contributed by atoms with E-state index >= 15 is 0 Å². The van der Waals surface area contributed by atoms with Gasteiger partial charge in [-0.15, -0.1) is 0 Å². The van der Waals surface area contributed by atoms with E-state index in [1.807, 2.05) is 24.3 Å². The fourth-order valence-corrected chi connectivity index (χ4v) is 3.12. The van der Waals surface area contributed by atoms with Crippen LogP contribution in [0.4, 0.5) is 13.2 Å². The fraction of sp³-hybridized carbons (Fsp3) is 0.333. The Bertz CT molecular complexity index is 636. The summed E-state index contributed by atoms with van der Waals surface area (Å²) in [6.07, 6.45) is 4.20. The molecule has 2 aromatic rings. The monoisotopic (exact) mass is 305 g/mol. The standard InChI is InChI=1S/C18H18F3N/c19-16-9-14(10-17(20)18(16)21)13-3-1-11(2-4-13)12-5-7-15(22)8-6-12/h1-4,9-10,12,15H,5-8,22H2. The Labute approximate surface area is 128 Å². The number of rotatable bonds is 2. The number of nitrogens with two attached hydrogens (primary N) is 1. The van der Waals surface area contributed by atoms with Gasteiger partial charge in [-0.05, 0) is 60.4 Å². The molecule has 22 heavy (non-hydrogen) atoms. The van der Waals surface area contributed by atoms with Crippen LogP contribution in [0.1, 0.15) is 37.2 Å². The van der Waals surface area contributed by atoms with Gasteiger partial charge in [0.2, 0.25) is 0 Å². The smallest absolute Gasteiger partial charge is 0.194 e. The summed E-state index contributed by atoms with van der Waals surface area (Å²) >= 11 is 0. The molecule has 3 rings (SSSR count). The average molecular weight is 305 g/mol. The Balaban J connectivity index is 1.82.